The Balaban J connectivity index is 1.46. The van der Waals surface area contributed by atoms with Gasteiger partial charge in [0, 0.05) is 16.5 Å². The molecule has 5 aliphatic rings. The second-order valence-corrected chi connectivity index (χ2v) is 9.03. The summed E-state index contributed by atoms with van der Waals surface area (Å²) in [5.74, 6) is 2.93. The van der Waals surface area contributed by atoms with E-state index in [1.54, 1.807) is 0 Å². The summed E-state index contributed by atoms with van der Waals surface area (Å²) in [5.41, 5.74) is 0. The van der Waals surface area contributed by atoms with Gasteiger partial charge in [-0.05, 0) is 49.9 Å². The van der Waals surface area contributed by atoms with Gasteiger partial charge in [0.15, 0.2) is 0 Å². The predicted octanol–water partition coefficient (Wildman–Crippen LogP) is 4.22. The molecule has 0 aromatic heterocycles. The second kappa shape index (κ2) is 6.04. The fourth-order valence-corrected chi connectivity index (χ4v) is 6.67. The Morgan fingerprint density at radius 2 is 1.75 bits per heavy atom. The average Bonchev–Trinajstić information content (AvgIpc) is 3.33. The van der Waals surface area contributed by atoms with Crippen molar-refractivity contribution in [3.8, 4) is 0 Å². The van der Waals surface area contributed by atoms with Gasteiger partial charge in [-0.1, -0.05) is 48.3 Å². The minimum absolute atomic E-state index is 0.503. The Morgan fingerprint density at radius 3 is 2.40 bits per heavy atom. The van der Waals surface area contributed by atoms with Gasteiger partial charge in [0.2, 0.25) is 0 Å². The van der Waals surface area contributed by atoms with E-state index < -0.39 is 0 Å². The molecule has 0 aromatic carbocycles. The molecule has 0 aromatic rings. The Kier molecular flexibility index (Phi) is 4.30. The molecule has 2 nitrogen and oxygen atoms in total. The first kappa shape index (κ1) is 14.3. The number of halogens is 1. The number of fused-ring (bicyclic) bond motifs is 3. The van der Waals surface area contributed by atoms with Gasteiger partial charge in [0.1, 0.15) is 6.23 Å². The molecular formula is C17H28INO. The summed E-state index contributed by atoms with van der Waals surface area (Å²) in [6.45, 7) is 2.34. The van der Waals surface area contributed by atoms with Crippen molar-refractivity contribution in [2.24, 2.45) is 17.8 Å². The van der Waals surface area contributed by atoms with Gasteiger partial charge in [-0.25, -0.2) is 0 Å². The van der Waals surface area contributed by atoms with Crippen LogP contribution in [-0.4, -0.2) is 34.2 Å². The van der Waals surface area contributed by atoms with E-state index in [0.717, 1.165) is 34.3 Å². The van der Waals surface area contributed by atoms with E-state index in [2.05, 4.69) is 27.5 Å². The summed E-state index contributed by atoms with van der Waals surface area (Å²) >= 11 is 2.84. The molecule has 114 valence electrons. The van der Waals surface area contributed by atoms with Crippen molar-refractivity contribution in [2.45, 2.75) is 74.0 Å². The van der Waals surface area contributed by atoms with E-state index in [1.807, 2.05) is 0 Å². The SMILES string of the molecule is IC(C1CCCCCC1)C1CC2CCC1N(C1CO1)C2. The van der Waals surface area contributed by atoms with Crippen LogP contribution in [0.1, 0.15) is 57.8 Å². The lowest BCUT2D eigenvalue weighted by molar-refractivity contribution is -0.0306. The third kappa shape index (κ3) is 2.79. The molecule has 0 N–H and O–H groups in total. The maximum atomic E-state index is 5.62. The van der Waals surface area contributed by atoms with E-state index in [0.29, 0.717) is 6.23 Å². The zero-order valence-electron chi connectivity index (χ0n) is 12.5. The largest absolute Gasteiger partial charge is 0.357 e. The van der Waals surface area contributed by atoms with Crippen molar-refractivity contribution in [1.29, 1.82) is 0 Å². The molecule has 2 bridgehead atoms. The van der Waals surface area contributed by atoms with Gasteiger partial charge >= 0.3 is 0 Å². The molecule has 3 heteroatoms. The van der Waals surface area contributed by atoms with Crippen LogP contribution >= 0.6 is 22.6 Å². The molecule has 5 rings (SSSR count). The molecule has 5 fully saturated rings. The number of ether oxygens (including phenoxy) is 1. The Hall–Kier alpha value is 0.650. The highest BCUT2D eigenvalue weighted by atomic mass is 127. The van der Waals surface area contributed by atoms with Crippen molar-refractivity contribution in [3.05, 3.63) is 0 Å². The summed E-state index contributed by atoms with van der Waals surface area (Å²) in [5, 5.41) is 0. The minimum Gasteiger partial charge on any atom is -0.357 e. The van der Waals surface area contributed by atoms with E-state index in [9.17, 15) is 0 Å². The van der Waals surface area contributed by atoms with Gasteiger partial charge in [-0.2, -0.15) is 0 Å². The highest BCUT2D eigenvalue weighted by molar-refractivity contribution is 14.1. The maximum absolute atomic E-state index is 5.62. The molecule has 0 spiro atoms. The topological polar surface area (TPSA) is 15.8 Å². The molecule has 0 amide bonds. The van der Waals surface area contributed by atoms with E-state index in [4.69, 9.17) is 4.74 Å². The Labute approximate surface area is 137 Å². The number of alkyl halides is 1. The number of piperidine rings is 2. The monoisotopic (exact) mass is 389 g/mol. The lowest BCUT2D eigenvalue weighted by Gasteiger charge is -2.52. The molecule has 3 aliphatic heterocycles. The van der Waals surface area contributed by atoms with Crippen molar-refractivity contribution >= 4 is 22.6 Å². The molecule has 20 heavy (non-hydrogen) atoms. The normalized spacial score (nSPS) is 44.2. The number of hydrogen-bond donors (Lipinski definition) is 0. The molecule has 3 saturated heterocycles. The maximum Gasteiger partial charge on any atom is 0.134 e. The summed E-state index contributed by atoms with van der Waals surface area (Å²) in [7, 11) is 0. The van der Waals surface area contributed by atoms with Crippen LogP contribution in [0.3, 0.4) is 0 Å². The summed E-state index contributed by atoms with van der Waals surface area (Å²) < 4.78 is 6.53. The Morgan fingerprint density at radius 1 is 1.00 bits per heavy atom. The van der Waals surface area contributed by atoms with Gasteiger partial charge in [-0.3, -0.25) is 4.90 Å². The third-order valence-corrected chi connectivity index (χ3v) is 8.25. The molecule has 5 unspecified atom stereocenters. The van der Waals surface area contributed by atoms with Crippen molar-refractivity contribution in [1.82, 2.24) is 4.90 Å². The summed E-state index contributed by atoms with van der Waals surface area (Å²) in [6.07, 6.45) is 13.9. The van der Waals surface area contributed by atoms with Crippen molar-refractivity contribution in [3.63, 3.8) is 0 Å². The van der Waals surface area contributed by atoms with Gasteiger partial charge in [0.25, 0.3) is 0 Å². The van der Waals surface area contributed by atoms with E-state index >= 15 is 0 Å². The van der Waals surface area contributed by atoms with Gasteiger partial charge in [0.05, 0.1) is 6.61 Å². The zero-order chi connectivity index (χ0) is 13.5. The summed E-state index contributed by atoms with van der Waals surface area (Å²) in [4.78, 5) is 2.74. The molecular weight excluding hydrogens is 361 g/mol. The van der Waals surface area contributed by atoms with E-state index in [1.165, 1.54) is 64.3 Å². The number of hydrogen-bond acceptors (Lipinski definition) is 2. The number of epoxide rings is 1. The van der Waals surface area contributed by atoms with Crippen LogP contribution in [0.2, 0.25) is 0 Å². The molecule has 0 radical (unpaired) electrons. The number of rotatable bonds is 3. The smallest absolute Gasteiger partial charge is 0.134 e. The molecule has 5 atom stereocenters. The highest BCUT2D eigenvalue weighted by Gasteiger charge is 2.49. The standard InChI is InChI=1S/C17H28INO/c18-17(13-5-3-1-2-4-6-13)14-9-12-7-8-15(14)19(10-12)16-11-20-16/h12-17H,1-11H2. The zero-order valence-corrected chi connectivity index (χ0v) is 14.6. The first-order valence-electron chi connectivity index (χ1n) is 8.84. The van der Waals surface area contributed by atoms with Crippen molar-refractivity contribution < 1.29 is 4.74 Å². The average molecular weight is 389 g/mol. The van der Waals surface area contributed by atoms with Crippen LogP contribution in [0.25, 0.3) is 0 Å². The molecule has 2 aliphatic carbocycles. The van der Waals surface area contributed by atoms with Crippen LogP contribution in [0.4, 0.5) is 0 Å². The van der Waals surface area contributed by atoms with Crippen LogP contribution < -0.4 is 0 Å². The molecule has 2 saturated carbocycles. The summed E-state index contributed by atoms with van der Waals surface area (Å²) in [6, 6.07) is 0.845. The van der Waals surface area contributed by atoms with Crippen LogP contribution in [0.15, 0.2) is 0 Å². The molecule has 3 heterocycles. The van der Waals surface area contributed by atoms with Crippen LogP contribution in [0.5, 0.6) is 0 Å². The lowest BCUT2D eigenvalue weighted by Crippen LogP contribution is -2.56. The minimum atomic E-state index is 0.503. The number of nitrogens with zero attached hydrogens (tertiary/aromatic N) is 1. The fourth-order valence-electron chi connectivity index (χ4n) is 5.18. The van der Waals surface area contributed by atoms with Crippen molar-refractivity contribution in [2.75, 3.05) is 13.2 Å². The first-order valence-corrected chi connectivity index (χ1v) is 10.1. The Bertz CT molecular complexity index is 338. The first-order chi connectivity index (χ1) is 9.83. The van der Waals surface area contributed by atoms with Gasteiger partial charge in [-0.15, -0.1) is 0 Å². The highest BCUT2D eigenvalue weighted by Crippen LogP contribution is 2.47. The van der Waals surface area contributed by atoms with Crippen LogP contribution in [-0.2, 0) is 4.74 Å². The third-order valence-electron chi connectivity index (χ3n) is 6.31. The van der Waals surface area contributed by atoms with Gasteiger partial charge < -0.3 is 4.74 Å². The fraction of sp³-hybridized carbons (Fsp3) is 1.00. The van der Waals surface area contributed by atoms with E-state index in [-0.39, 0.29) is 0 Å². The quantitative estimate of drug-likeness (QED) is 0.311. The van der Waals surface area contributed by atoms with Crippen LogP contribution in [0, 0.1) is 17.8 Å². The second-order valence-electron chi connectivity index (χ2n) is 7.59. The predicted molar refractivity (Wildman–Crippen MR) is 90.1 cm³/mol. The lowest BCUT2D eigenvalue weighted by atomic mass is 9.69.